The van der Waals surface area contributed by atoms with Crippen molar-refractivity contribution in [2.45, 2.75) is 101 Å². The van der Waals surface area contributed by atoms with Gasteiger partial charge in [0.05, 0.1) is 19.3 Å². The van der Waals surface area contributed by atoms with Crippen molar-refractivity contribution in [2.75, 3.05) is 19.8 Å². The minimum atomic E-state index is -1.65. The van der Waals surface area contributed by atoms with Gasteiger partial charge in [-0.3, -0.25) is 0 Å². The zero-order chi connectivity index (χ0) is 23.8. The van der Waals surface area contributed by atoms with Crippen molar-refractivity contribution in [3.05, 3.63) is 0 Å². The molecular weight excluding hydrogens is 430 g/mol. The van der Waals surface area contributed by atoms with Crippen LogP contribution in [-0.2, 0) is 28.5 Å². The number of hydrogen-bond acceptors (Lipinski definition) is 12. The summed E-state index contributed by atoms with van der Waals surface area (Å²) >= 11 is 0. The van der Waals surface area contributed by atoms with Crippen LogP contribution in [-0.4, -0.2) is 113 Å². The van der Waals surface area contributed by atoms with E-state index in [1.807, 2.05) is 13.8 Å². The Morgan fingerprint density at radius 3 is 2.19 bits per heavy atom. The number of carbonyl (C=O) groups excluding carboxylic acids is 1. The largest absolute Gasteiger partial charge is 0.464 e. The third-order valence-electron chi connectivity index (χ3n) is 5.52. The summed E-state index contributed by atoms with van der Waals surface area (Å²) in [7, 11) is 0. The topological polar surface area (TPSA) is 190 Å². The van der Waals surface area contributed by atoms with Gasteiger partial charge >= 0.3 is 5.97 Å². The van der Waals surface area contributed by atoms with Gasteiger partial charge in [0.25, 0.3) is 0 Å². The number of ether oxygens (including phenoxy) is 5. The second kappa shape index (κ2) is 13.1. The first-order valence-electron chi connectivity index (χ1n) is 11.1. The first-order valence-corrected chi connectivity index (χ1v) is 11.1. The highest BCUT2D eigenvalue weighted by atomic mass is 16.7. The van der Waals surface area contributed by atoms with Crippen LogP contribution in [0.5, 0.6) is 0 Å². The number of rotatable bonds is 11. The van der Waals surface area contributed by atoms with Crippen molar-refractivity contribution >= 4 is 5.97 Å². The second-order valence-corrected chi connectivity index (χ2v) is 8.04. The van der Waals surface area contributed by atoms with Gasteiger partial charge in [0, 0.05) is 6.61 Å². The monoisotopic (exact) mass is 467 g/mol. The lowest BCUT2D eigenvalue weighted by atomic mass is 9.96. The van der Waals surface area contributed by atoms with Crippen molar-refractivity contribution in [1.29, 1.82) is 0 Å². The molecule has 10 atom stereocenters. The normalized spacial score (nSPS) is 40.2. The average molecular weight is 468 g/mol. The molecule has 2 rings (SSSR count). The lowest BCUT2D eigenvalue weighted by molar-refractivity contribution is -0.340. The fourth-order valence-corrected chi connectivity index (χ4v) is 3.44. The van der Waals surface area contributed by atoms with Gasteiger partial charge in [0.15, 0.2) is 18.7 Å². The van der Waals surface area contributed by atoms with E-state index in [-0.39, 0.29) is 13.2 Å². The van der Waals surface area contributed by atoms with E-state index in [0.717, 1.165) is 12.8 Å². The number of nitrogens with two attached hydrogens (primary N) is 1. The molecule has 0 aromatic rings. The van der Waals surface area contributed by atoms with Crippen LogP contribution in [0.4, 0.5) is 0 Å². The summed E-state index contributed by atoms with van der Waals surface area (Å²) in [5.74, 6) is -0.831. The molecule has 0 radical (unpaired) electrons. The number of aliphatic hydroxyl groups excluding tert-OH is 5. The maximum atomic E-state index is 12.7. The van der Waals surface area contributed by atoms with Gasteiger partial charge < -0.3 is 55.0 Å². The SMILES string of the molecule is CCCCOC(=O)[C@H]1O[C@H](OCCCC)[C@H](O)[C@@H](O)[C@@H]1O[C@H]1O[C@H](CO)[C@@H](O)[C@H](O)[C@H]1N. The molecule has 12 nitrogen and oxygen atoms in total. The highest BCUT2D eigenvalue weighted by Gasteiger charge is 2.52. The molecule has 0 aliphatic carbocycles. The summed E-state index contributed by atoms with van der Waals surface area (Å²) in [4.78, 5) is 12.7. The third-order valence-corrected chi connectivity index (χ3v) is 5.52. The molecule has 32 heavy (non-hydrogen) atoms. The van der Waals surface area contributed by atoms with Crippen LogP contribution < -0.4 is 5.73 Å². The summed E-state index contributed by atoms with van der Waals surface area (Å²) in [5, 5.41) is 50.7. The van der Waals surface area contributed by atoms with E-state index in [0.29, 0.717) is 12.8 Å². The zero-order valence-corrected chi connectivity index (χ0v) is 18.5. The number of carbonyl (C=O) groups is 1. The molecule has 2 aliphatic heterocycles. The van der Waals surface area contributed by atoms with Crippen LogP contribution in [0.2, 0.25) is 0 Å². The van der Waals surface area contributed by atoms with Crippen molar-refractivity contribution in [1.82, 2.24) is 0 Å². The molecule has 2 saturated heterocycles. The molecule has 188 valence electrons. The second-order valence-electron chi connectivity index (χ2n) is 8.04. The highest BCUT2D eigenvalue weighted by Crippen LogP contribution is 2.29. The van der Waals surface area contributed by atoms with Gasteiger partial charge in [-0.15, -0.1) is 0 Å². The first kappa shape index (κ1) is 27.3. The predicted octanol–water partition coefficient (Wildman–Crippen LogP) is -2.26. The molecule has 2 fully saturated rings. The third kappa shape index (κ3) is 6.56. The van der Waals surface area contributed by atoms with E-state index in [2.05, 4.69) is 0 Å². The minimum Gasteiger partial charge on any atom is -0.464 e. The van der Waals surface area contributed by atoms with Gasteiger partial charge in [0.2, 0.25) is 0 Å². The Kier molecular flexibility index (Phi) is 11.2. The Balaban J connectivity index is 2.19. The molecule has 0 aromatic carbocycles. The number of esters is 1. The Labute approximate surface area is 187 Å². The first-order chi connectivity index (χ1) is 15.3. The number of aliphatic hydroxyl groups is 5. The molecule has 2 heterocycles. The van der Waals surface area contributed by atoms with E-state index >= 15 is 0 Å². The zero-order valence-electron chi connectivity index (χ0n) is 18.5. The van der Waals surface area contributed by atoms with Crippen LogP contribution in [0.3, 0.4) is 0 Å². The Morgan fingerprint density at radius 1 is 0.906 bits per heavy atom. The van der Waals surface area contributed by atoms with Crippen molar-refractivity contribution in [3.63, 3.8) is 0 Å². The van der Waals surface area contributed by atoms with E-state index in [9.17, 15) is 30.3 Å². The van der Waals surface area contributed by atoms with Gasteiger partial charge in [0.1, 0.15) is 36.6 Å². The summed E-state index contributed by atoms with van der Waals surface area (Å²) in [5.41, 5.74) is 5.89. The van der Waals surface area contributed by atoms with Crippen LogP contribution in [0.25, 0.3) is 0 Å². The van der Waals surface area contributed by atoms with Crippen molar-refractivity contribution in [2.24, 2.45) is 5.73 Å². The van der Waals surface area contributed by atoms with Crippen LogP contribution in [0.15, 0.2) is 0 Å². The summed E-state index contributed by atoms with van der Waals surface area (Å²) < 4.78 is 27.4. The van der Waals surface area contributed by atoms with E-state index in [4.69, 9.17) is 29.4 Å². The Hall–Kier alpha value is -0.930. The molecular formula is C20H37NO11. The van der Waals surface area contributed by atoms with E-state index in [1.165, 1.54) is 0 Å². The smallest absolute Gasteiger partial charge is 0.338 e. The van der Waals surface area contributed by atoms with Gasteiger partial charge in [-0.2, -0.15) is 0 Å². The molecule has 0 bridgehead atoms. The van der Waals surface area contributed by atoms with Crippen LogP contribution >= 0.6 is 0 Å². The standard InChI is InChI=1S/C20H37NO11/c1-3-5-7-28-18(27)17-16(14(25)15(26)20(32-17)29-8-6-4-2)31-19-11(21)13(24)12(23)10(9-22)30-19/h10-17,19-20,22-26H,3-9,21H2,1-2H3/t10-,11-,12-,13-,14-,15-,16+,17+,19-,20+/m1/s1. The summed E-state index contributed by atoms with van der Waals surface area (Å²) in [6.45, 7) is 3.61. The van der Waals surface area contributed by atoms with Crippen LogP contribution in [0.1, 0.15) is 39.5 Å². The van der Waals surface area contributed by atoms with Crippen molar-refractivity contribution < 1.29 is 54.0 Å². The summed E-state index contributed by atoms with van der Waals surface area (Å²) in [6.07, 6.45) is -10.1. The lowest BCUT2D eigenvalue weighted by Crippen LogP contribution is -2.67. The fraction of sp³-hybridized carbons (Fsp3) is 0.950. The maximum Gasteiger partial charge on any atom is 0.338 e. The Bertz CT molecular complexity index is 566. The predicted molar refractivity (Wildman–Crippen MR) is 108 cm³/mol. The quantitative estimate of drug-likeness (QED) is 0.141. The Morgan fingerprint density at radius 2 is 1.56 bits per heavy atom. The van der Waals surface area contributed by atoms with Crippen molar-refractivity contribution in [3.8, 4) is 0 Å². The van der Waals surface area contributed by atoms with Crippen LogP contribution in [0, 0.1) is 0 Å². The molecule has 0 saturated carbocycles. The van der Waals surface area contributed by atoms with E-state index in [1.54, 1.807) is 0 Å². The number of hydrogen-bond donors (Lipinski definition) is 6. The highest BCUT2D eigenvalue weighted by molar-refractivity contribution is 5.75. The molecule has 12 heteroatoms. The van der Waals surface area contributed by atoms with Gasteiger partial charge in [-0.25, -0.2) is 4.79 Å². The summed E-state index contributed by atoms with van der Waals surface area (Å²) in [6, 6.07) is -1.27. The molecule has 2 aliphatic rings. The molecule has 7 N–H and O–H groups in total. The fourth-order valence-electron chi connectivity index (χ4n) is 3.44. The molecule has 0 spiro atoms. The molecule has 0 unspecified atom stereocenters. The van der Waals surface area contributed by atoms with Gasteiger partial charge in [-0.1, -0.05) is 26.7 Å². The van der Waals surface area contributed by atoms with Gasteiger partial charge in [-0.05, 0) is 12.8 Å². The lowest BCUT2D eigenvalue weighted by Gasteiger charge is -2.45. The minimum absolute atomic E-state index is 0.124. The molecule has 0 amide bonds. The van der Waals surface area contributed by atoms with E-state index < -0.39 is 73.9 Å². The maximum absolute atomic E-state index is 12.7. The average Bonchev–Trinajstić information content (AvgIpc) is 2.78. The molecule has 0 aromatic heterocycles. The number of unbranched alkanes of at least 4 members (excludes halogenated alkanes) is 2.